The first kappa shape index (κ1) is 27.9. The van der Waals surface area contributed by atoms with Crippen LogP contribution in [-0.4, -0.2) is 36.6 Å². The molecule has 0 atom stereocenters. The summed E-state index contributed by atoms with van der Waals surface area (Å²) in [6.45, 7) is 0. The highest BCUT2D eigenvalue weighted by atomic mass is 32.2. The number of thioether (sulfide) groups is 1. The fourth-order valence-electron chi connectivity index (χ4n) is 3.54. The number of rotatable bonds is 10. The van der Waals surface area contributed by atoms with Crippen LogP contribution in [0.2, 0.25) is 0 Å². The van der Waals surface area contributed by atoms with Crippen LogP contribution in [-0.2, 0) is 14.3 Å². The molecule has 40 heavy (non-hydrogen) atoms. The molecule has 0 aliphatic heterocycles. The third-order valence-corrected chi connectivity index (χ3v) is 6.42. The maximum Gasteiger partial charge on any atom is 0.339 e. The predicted molar refractivity (Wildman–Crippen MR) is 153 cm³/mol. The number of carbonyl (C=O) groups excluding carboxylic acids is 4. The molecule has 0 aliphatic carbocycles. The SMILES string of the molecule is COC(=O)c1ccccc1NC(=O)CSc1cccc(NC(=O)/C(=C\c2ccco2)NC(=O)c2ccccc2)c1. The maximum atomic E-state index is 13.2. The van der Waals surface area contributed by atoms with Gasteiger partial charge in [-0.05, 0) is 54.6 Å². The molecule has 1 aromatic heterocycles. The van der Waals surface area contributed by atoms with E-state index in [9.17, 15) is 19.2 Å². The smallest absolute Gasteiger partial charge is 0.339 e. The van der Waals surface area contributed by atoms with Crippen LogP contribution in [0.15, 0.2) is 112 Å². The summed E-state index contributed by atoms with van der Waals surface area (Å²) in [5.74, 6) is -1.42. The van der Waals surface area contributed by atoms with Gasteiger partial charge in [0.1, 0.15) is 11.5 Å². The van der Waals surface area contributed by atoms with Crippen molar-refractivity contribution in [1.82, 2.24) is 5.32 Å². The Morgan fingerprint density at radius 2 is 1.65 bits per heavy atom. The molecule has 9 nitrogen and oxygen atoms in total. The highest BCUT2D eigenvalue weighted by Gasteiger charge is 2.17. The Bertz CT molecular complexity index is 1530. The third kappa shape index (κ3) is 7.71. The van der Waals surface area contributed by atoms with E-state index in [0.717, 1.165) is 4.90 Å². The molecule has 1 heterocycles. The minimum absolute atomic E-state index is 0.00879. The van der Waals surface area contributed by atoms with Crippen LogP contribution in [0.5, 0.6) is 0 Å². The Morgan fingerprint density at radius 1 is 0.875 bits per heavy atom. The van der Waals surface area contributed by atoms with E-state index in [4.69, 9.17) is 9.15 Å². The molecule has 4 rings (SSSR count). The quantitative estimate of drug-likeness (QED) is 0.139. The Morgan fingerprint density at radius 3 is 2.40 bits per heavy atom. The number of para-hydroxylation sites is 1. The monoisotopic (exact) mass is 555 g/mol. The number of furan rings is 1. The van der Waals surface area contributed by atoms with Gasteiger partial charge < -0.3 is 25.1 Å². The van der Waals surface area contributed by atoms with E-state index in [2.05, 4.69) is 16.0 Å². The number of anilines is 2. The first-order valence-corrected chi connectivity index (χ1v) is 13.0. The number of carbonyl (C=O) groups is 4. The molecule has 0 aliphatic rings. The van der Waals surface area contributed by atoms with Crippen molar-refractivity contribution < 1.29 is 28.3 Å². The van der Waals surface area contributed by atoms with Crippen molar-refractivity contribution in [2.24, 2.45) is 0 Å². The number of hydrogen-bond acceptors (Lipinski definition) is 7. The molecule has 3 aromatic carbocycles. The van der Waals surface area contributed by atoms with Crippen molar-refractivity contribution in [3.05, 3.63) is 120 Å². The zero-order valence-corrected chi connectivity index (χ0v) is 22.2. The molecule has 4 aromatic rings. The fourth-order valence-corrected chi connectivity index (χ4v) is 4.29. The molecule has 0 spiro atoms. The number of methoxy groups -OCH3 is 1. The molecule has 3 amide bonds. The highest BCUT2D eigenvalue weighted by molar-refractivity contribution is 8.00. The summed E-state index contributed by atoms with van der Waals surface area (Å²) < 4.78 is 10.1. The van der Waals surface area contributed by atoms with Crippen molar-refractivity contribution in [3.8, 4) is 0 Å². The van der Waals surface area contributed by atoms with E-state index in [-0.39, 0.29) is 22.9 Å². The zero-order valence-electron chi connectivity index (χ0n) is 21.4. The zero-order chi connectivity index (χ0) is 28.3. The van der Waals surface area contributed by atoms with Gasteiger partial charge in [0, 0.05) is 22.2 Å². The van der Waals surface area contributed by atoms with Crippen LogP contribution in [0, 0.1) is 0 Å². The summed E-state index contributed by atoms with van der Waals surface area (Å²) in [7, 11) is 1.27. The Hall–Kier alpha value is -5.09. The predicted octanol–water partition coefficient (Wildman–Crippen LogP) is 5.21. The summed E-state index contributed by atoms with van der Waals surface area (Å²) in [5.41, 5.74) is 1.46. The van der Waals surface area contributed by atoms with Crippen molar-refractivity contribution in [2.45, 2.75) is 4.90 Å². The van der Waals surface area contributed by atoms with Gasteiger partial charge in [-0.1, -0.05) is 36.4 Å². The van der Waals surface area contributed by atoms with Crippen LogP contribution in [0.25, 0.3) is 6.08 Å². The van der Waals surface area contributed by atoms with Crippen molar-refractivity contribution in [1.29, 1.82) is 0 Å². The normalized spacial score (nSPS) is 10.9. The molecule has 0 saturated heterocycles. The Labute approximate surface area is 234 Å². The van der Waals surface area contributed by atoms with Gasteiger partial charge in [-0.25, -0.2) is 4.79 Å². The molecule has 0 radical (unpaired) electrons. The first-order valence-electron chi connectivity index (χ1n) is 12.1. The third-order valence-electron chi connectivity index (χ3n) is 5.43. The molecule has 3 N–H and O–H groups in total. The minimum atomic E-state index is -0.556. The van der Waals surface area contributed by atoms with Gasteiger partial charge in [-0.15, -0.1) is 11.8 Å². The van der Waals surface area contributed by atoms with Crippen molar-refractivity contribution >= 4 is 52.9 Å². The Kier molecular flexibility index (Phi) is 9.52. The van der Waals surface area contributed by atoms with Crippen LogP contribution in [0.4, 0.5) is 11.4 Å². The lowest BCUT2D eigenvalue weighted by Gasteiger charge is -2.12. The number of ether oxygens (including phenoxy) is 1. The first-order chi connectivity index (χ1) is 19.4. The van der Waals surface area contributed by atoms with Crippen LogP contribution < -0.4 is 16.0 Å². The molecular weight excluding hydrogens is 530 g/mol. The number of hydrogen-bond donors (Lipinski definition) is 3. The maximum absolute atomic E-state index is 13.2. The van der Waals surface area contributed by atoms with E-state index in [1.807, 2.05) is 0 Å². The molecule has 202 valence electrons. The second-order valence-corrected chi connectivity index (χ2v) is 9.30. The summed E-state index contributed by atoms with van der Waals surface area (Å²) in [5, 5.41) is 8.15. The summed E-state index contributed by atoms with van der Waals surface area (Å²) in [6.07, 6.45) is 2.90. The lowest BCUT2D eigenvalue weighted by atomic mass is 10.2. The molecule has 0 unspecified atom stereocenters. The molecular formula is C30H25N3O6S. The number of benzene rings is 3. The number of amides is 3. The summed E-state index contributed by atoms with van der Waals surface area (Å²) in [6, 6.07) is 25.4. The van der Waals surface area contributed by atoms with Crippen LogP contribution in [0.1, 0.15) is 26.5 Å². The topological polar surface area (TPSA) is 127 Å². The van der Waals surface area contributed by atoms with Gasteiger partial charge in [-0.2, -0.15) is 0 Å². The van der Waals surface area contributed by atoms with Crippen molar-refractivity contribution in [2.75, 3.05) is 23.5 Å². The second kappa shape index (κ2) is 13.6. The van der Waals surface area contributed by atoms with E-state index < -0.39 is 17.8 Å². The van der Waals surface area contributed by atoms with Crippen LogP contribution in [0.3, 0.4) is 0 Å². The average Bonchev–Trinajstić information content (AvgIpc) is 3.49. The Balaban J connectivity index is 1.41. The van der Waals surface area contributed by atoms with Gasteiger partial charge in [0.2, 0.25) is 5.91 Å². The van der Waals surface area contributed by atoms with E-state index in [1.54, 1.807) is 91.0 Å². The van der Waals surface area contributed by atoms with Gasteiger partial charge in [-0.3, -0.25) is 14.4 Å². The van der Waals surface area contributed by atoms with E-state index in [0.29, 0.717) is 22.7 Å². The lowest BCUT2D eigenvalue weighted by Crippen LogP contribution is -2.30. The second-order valence-electron chi connectivity index (χ2n) is 8.25. The highest BCUT2D eigenvalue weighted by Crippen LogP contribution is 2.23. The lowest BCUT2D eigenvalue weighted by molar-refractivity contribution is -0.114. The van der Waals surface area contributed by atoms with Crippen LogP contribution >= 0.6 is 11.8 Å². The number of esters is 1. The van der Waals surface area contributed by atoms with Gasteiger partial charge in [0.15, 0.2) is 0 Å². The molecule has 0 fully saturated rings. The van der Waals surface area contributed by atoms with Gasteiger partial charge in [0.05, 0.1) is 30.4 Å². The van der Waals surface area contributed by atoms with Crippen molar-refractivity contribution in [3.63, 3.8) is 0 Å². The minimum Gasteiger partial charge on any atom is -0.465 e. The summed E-state index contributed by atoms with van der Waals surface area (Å²) >= 11 is 1.25. The van der Waals surface area contributed by atoms with E-state index in [1.165, 1.54) is 31.2 Å². The average molecular weight is 556 g/mol. The van der Waals surface area contributed by atoms with Gasteiger partial charge >= 0.3 is 5.97 Å². The fraction of sp³-hybridized carbons (Fsp3) is 0.0667. The molecule has 0 saturated carbocycles. The number of nitrogens with one attached hydrogen (secondary N) is 3. The van der Waals surface area contributed by atoms with Gasteiger partial charge in [0.25, 0.3) is 11.8 Å². The van der Waals surface area contributed by atoms with E-state index >= 15 is 0 Å². The standard InChI is InChI=1S/C30H25N3O6S/c1-38-30(37)24-14-5-6-15-25(24)32-27(34)19-40-23-13-7-11-21(17-23)31-29(36)26(18-22-12-8-16-39-22)33-28(35)20-9-3-2-4-10-20/h2-18H,19H2,1H3,(H,31,36)(H,32,34)(H,33,35)/b26-18+. The molecule has 10 heteroatoms. The molecule has 0 bridgehead atoms. The largest absolute Gasteiger partial charge is 0.465 e. The summed E-state index contributed by atoms with van der Waals surface area (Å²) in [4.78, 5) is 51.1.